The second-order valence-corrected chi connectivity index (χ2v) is 7.45. The van der Waals surface area contributed by atoms with E-state index in [9.17, 15) is 4.79 Å². The van der Waals surface area contributed by atoms with E-state index in [0.717, 1.165) is 19.9 Å². The van der Waals surface area contributed by atoms with Gasteiger partial charge in [-0.05, 0) is 31.5 Å². The Morgan fingerprint density at radius 3 is 2.39 bits per heavy atom. The predicted molar refractivity (Wildman–Crippen MR) is 104 cm³/mol. The van der Waals surface area contributed by atoms with Crippen molar-refractivity contribution in [1.29, 1.82) is 0 Å². The Bertz CT molecular complexity index is 646. The molecule has 2 aromatic rings. The Morgan fingerprint density at radius 2 is 1.91 bits per heavy atom. The van der Waals surface area contributed by atoms with Crippen LogP contribution in [0.3, 0.4) is 0 Å². The molecule has 1 aromatic carbocycles. The zero-order chi connectivity index (χ0) is 15.6. The van der Waals surface area contributed by atoms with Crippen LogP contribution >= 0.6 is 52.1 Å². The van der Waals surface area contributed by atoms with Crippen LogP contribution in [0.5, 0.6) is 0 Å². The molecule has 0 bridgehead atoms. The van der Waals surface area contributed by atoms with Gasteiger partial charge in [0.05, 0.1) is 11.6 Å². The molecule has 0 spiro atoms. The molecule has 8 heteroatoms. The lowest BCUT2D eigenvalue weighted by Gasteiger charge is -2.29. The molecule has 1 atom stereocenters. The van der Waals surface area contributed by atoms with E-state index < -0.39 is 5.54 Å². The van der Waals surface area contributed by atoms with Crippen LogP contribution in [0.4, 0.5) is 0 Å². The van der Waals surface area contributed by atoms with Crippen molar-refractivity contribution in [2.75, 3.05) is 7.05 Å². The van der Waals surface area contributed by atoms with E-state index in [2.05, 4.69) is 20.9 Å². The van der Waals surface area contributed by atoms with E-state index in [1.54, 1.807) is 36.4 Å². The first kappa shape index (κ1) is 22.3. The number of hydrogen-bond donors (Lipinski definition) is 1. The summed E-state index contributed by atoms with van der Waals surface area (Å²) in [5.74, 6) is -0.115. The molecule has 2 rings (SSSR count). The van der Waals surface area contributed by atoms with Crippen molar-refractivity contribution in [3.63, 3.8) is 0 Å². The van der Waals surface area contributed by atoms with Gasteiger partial charge in [0.25, 0.3) is 0 Å². The van der Waals surface area contributed by atoms with E-state index in [-0.39, 0.29) is 30.7 Å². The third kappa shape index (κ3) is 5.43. The second-order valence-electron chi connectivity index (χ2n) is 5.22. The third-order valence-electron chi connectivity index (χ3n) is 3.30. The van der Waals surface area contributed by atoms with Crippen molar-refractivity contribution >= 4 is 58.0 Å². The number of rotatable bonds is 4. The molecule has 2 N–H and O–H groups in total. The van der Waals surface area contributed by atoms with Gasteiger partial charge in [0.2, 0.25) is 5.91 Å². The van der Waals surface area contributed by atoms with Gasteiger partial charge in [-0.15, -0.1) is 36.2 Å². The minimum absolute atomic E-state index is 0. The fourth-order valence-electron chi connectivity index (χ4n) is 2.10. The molecule has 128 valence electrons. The highest BCUT2D eigenvalue weighted by Crippen LogP contribution is 2.23. The van der Waals surface area contributed by atoms with Crippen LogP contribution in [0, 0.1) is 6.92 Å². The molecule has 0 fully saturated rings. The van der Waals surface area contributed by atoms with Gasteiger partial charge in [0.1, 0.15) is 5.54 Å². The summed E-state index contributed by atoms with van der Waals surface area (Å²) in [4.78, 5) is 19.5. The van der Waals surface area contributed by atoms with E-state index >= 15 is 0 Å². The monoisotopic (exact) mass is 439 g/mol. The maximum absolute atomic E-state index is 12.6. The smallest absolute Gasteiger partial charge is 0.247 e. The Morgan fingerprint density at radius 1 is 1.35 bits per heavy atom. The van der Waals surface area contributed by atoms with Crippen LogP contribution in [-0.4, -0.2) is 22.8 Å². The topological polar surface area (TPSA) is 59.2 Å². The highest BCUT2D eigenvalue weighted by atomic mass is 79.9. The number of nitrogens with two attached hydrogens (primary N) is 1. The van der Waals surface area contributed by atoms with Crippen molar-refractivity contribution in [3.05, 3.63) is 50.4 Å². The Hall–Kier alpha value is -0.660. The van der Waals surface area contributed by atoms with E-state index in [4.69, 9.17) is 5.73 Å². The highest BCUT2D eigenvalue weighted by Gasteiger charge is 2.33. The Balaban J connectivity index is 0.00000242. The third-order valence-corrected chi connectivity index (χ3v) is 4.72. The molecule has 0 aliphatic rings. The molecule has 0 saturated carbocycles. The minimum atomic E-state index is -1.05. The number of carbonyl (C=O) groups is 1. The van der Waals surface area contributed by atoms with Gasteiger partial charge in [0.15, 0.2) is 0 Å². The summed E-state index contributed by atoms with van der Waals surface area (Å²) in [6.07, 6.45) is 1.80. The van der Waals surface area contributed by atoms with Gasteiger partial charge in [-0.1, -0.05) is 28.1 Å². The number of carbonyl (C=O) groups excluding carboxylic acids is 1. The SMILES string of the molecule is Cc1ncc(CN(C)C(=O)C(C)(N)c2ccc(Br)cc2)s1.Cl.Cl. The van der Waals surface area contributed by atoms with Crippen LogP contribution in [0.15, 0.2) is 34.9 Å². The minimum Gasteiger partial charge on any atom is -0.339 e. The Labute approximate surface area is 161 Å². The lowest BCUT2D eigenvalue weighted by Crippen LogP contribution is -2.49. The number of likely N-dealkylation sites (N-methyl/N-ethyl adjacent to an activating group) is 1. The summed E-state index contributed by atoms with van der Waals surface area (Å²) >= 11 is 4.97. The molecule has 1 aromatic heterocycles. The summed E-state index contributed by atoms with van der Waals surface area (Å²) < 4.78 is 0.961. The van der Waals surface area contributed by atoms with E-state index in [1.165, 1.54) is 0 Å². The zero-order valence-electron chi connectivity index (χ0n) is 13.1. The Kier molecular flexibility index (Phi) is 8.73. The number of thiazole rings is 1. The summed E-state index contributed by atoms with van der Waals surface area (Å²) in [5, 5.41) is 0.995. The van der Waals surface area contributed by atoms with Crippen molar-refractivity contribution in [2.45, 2.75) is 25.9 Å². The number of benzene rings is 1. The van der Waals surface area contributed by atoms with Crippen LogP contribution < -0.4 is 5.73 Å². The van der Waals surface area contributed by atoms with Gasteiger partial charge in [-0.25, -0.2) is 4.98 Å². The number of halogens is 3. The van der Waals surface area contributed by atoms with Gasteiger partial charge < -0.3 is 10.6 Å². The molecular formula is C15H20BrCl2N3OS. The molecule has 1 amide bonds. The summed E-state index contributed by atoms with van der Waals surface area (Å²) in [6, 6.07) is 7.51. The molecule has 4 nitrogen and oxygen atoms in total. The number of hydrogen-bond acceptors (Lipinski definition) is 4. The second kappa shape index (κ2) is 8.99. The lowest BCUT2D eigenvalue weighted by atomic mass is 9.92. The molecule has 1 heterocycles. The molecular weight excluding hydrogens is 421 g/mol. The van der Waals surface area contributed by atoms with E-state index in [0.29, 0.717) is 6.54 Å². The summed E-state index contributed by atoms with van der Waals surface area (Å²) in [7, 11) is 1.77. The van der Waals surface area contributed by atoms with Gasteiger partial charge >= 0.3 is 0 Å². The maximum Gasteiger partial charge on any atom is 0.247 e. The normalized spacial score (nSPS) is 12.6. The molecule has 0 aliphatic carbocycles. The quantitative estimate of drug-likeness (QED) is 0.784. The largest absolute Gasteiger partial charge is 0.339 e. The van der Waals surface area contributed by atoms with Crippen molar-refractivity contribution in [2.24, 2.45) is 5.73 Å². The first-order valence-electron chi connectivity index (χ1n) is 6.52. The van der Waals surface area contributed by atoms with Gasteiger partial charge in [0, 0.05) is 22.6 Å². The maximum atomic E-state index is 12.6. The van der Waals surface area contributed by atoms with Gasteiger partial charge in [-0.3, -0.25) is 4.79 Å². The van der Waals surface area contributed by atoms with Crippen molar-refractivity contribution in [1.82, 2.24) is 9.88 Å². The van der Waals surface area contributed by atoms with E-state index in [1.807, 2.05) is 31.2 Å². The summed E-state index contributed by atoms with van der Waals surface area (Å²) in [6.45, 7) is 4.21. The molecule has 0 radical (unpaired) electrons. The van der Waals surface area contributed by atoms with Crippen molar-refractivity contribution in [3.8, 4) is 0 Å². The number of nitrogens with zero attached hydrogens (tertiary/aromatic N) is 2. The first-order valence-corrected chi connectivity index (χ1v) is 8.13. The number of aryl methyl sites for hydroxylation is 1. The molecule has 0 saturated heterocycles. The first-order chi connectivity index (χ1) is 9.80. The van der Waals surface area contributed by atoms with Crippen molar-refractivity contribution < 1.29 is 4.79 Å². The fraction of sp³-hybridized carbons (Fsp3) is 0.333. The standard InChI is InChI=1S/C15H18BrN3OS.2ClH/c1-10-18-8-13(21-10)9-19(3)14(20)15(2,17)11-4-6-12(16)7-5-11;;/h4-8H,9,17H2,1-3H3;2*1H. The average molecular weight is 441 g/mol. The highest BCUT2D eigenvalue weighted by molar-refractivity contribution is 9.10. The van der Waals surface area contributed by atoms with Gasteiger partial charge in [-0.2, -0.15) is 0 Å². The predicted octanol–water partition coefficient (Wildman–Crippen LogP) is 3.89. The molecule has 1 unspecified atom stereocenters. The molecule has 23 heavy (non-hydrogen) atoms. The van der Waals surface area contributed by atoms with Crippen LogP contribution in [0.25, 0.3) is 0 Å². The van der Waals surface area contributed by atoms with Crippen LogP contribution in [0.1, 0.15) is 22.4 Å². The van der Waals surface area contributed by atoms with Crippen LogP contribution in [0.2, 0.25) is 0 Å². The average Bonchev–Trinajstić information content (AvgIpc) is 2.83. The van der Waals surface area contributed by atoms with Crippen LogP contribution in [-0.2, 0) is 16.9 Å². The molecule has 0 aliphatic heterocycles. The number of aromatic nitrogens is 1. The lowest BCUT2D eigenvalue weighted by molar-refractivity contribution is -0.135. The number of amides is 1. The summed E-state index contributed by atoms with van der Waals surface area (Å²) in [5.41, 5.74) is 6.02. The zero-order valence-corrected chi connectivity index (χ0v) is 17.1. The fourth-order valence-corrected chi connectivity index (χ4v) is 3.21.